The highest BCUT2D eigenvalue weighted by atomic mass is 16.5. The van der Waals surface area contributed by atoms with Crippen LogP contribution in [0.25, 0.3) is 0 Å². The van der Waals surface area contributed by atoms with Gasteiger partial charge in [0.1, 0.15) is 5.75 Å². The van der Waals surface area contributed by atoms with Gasteiger partial charge in [-0.2, -0.15) is 0 Å². The van der Waals surface area contributed by atoms with E-state index in [1.54, 1.807) is 19.2 Å². The third-order valence-electron chi connectivity index (χ3n) is 3.44. The van der Waals surface area contributed by atoms with Gasteiger partial charge in [-0.25, -0.2) is 0 Å². The first-order valence-electron chi connectivity index (χ1n) is 7.54. The molecule has 2 rings (SSSR count). The summed E-state index contributed by atoms with van der Waals surface area (Å²) in [7, 11) is 1.58. The summed E-state index contributed by atoms with van der Waals surface area (Å²) < 4.78 is 5.12. The second kappa shape index (κ2) is 8.01. The fraction of sp³-hybridized carbons (Fsp3) is 0.222. The van der Waals surface area contributed by atoms with Crippen molar-refractivity contribution in [1.82, 2.24) is 0 Å². The van der Waals surface area contributed by atoms with Crippen LogP contribution in [-0.2, 0) is 9.59 Å². The number of hydrogen-bond donors (Lipinski definition) is 3. The summed E-state index contributed by atoms with van der Waals surface area (Å²) in [6.45, 7) is 3.45. The van der Waals surface area contributed by atoms with E-state index in [1.165, 1.54) is 6.92 Å². The second-order valence-corrected chi connectivity index (χ2v) is 5.29. The zero-order valence-electron chi connectivity index (χ0n) is 14.0. The van der Waals surface area contributed by atoms with Crippen LogP contribution in [0.2, 0.25) is 0 Å². The number of amides is 2. The van der Waals surface area contributed by atoms with Gasteiger partial charge in [-0.05, 0) is 36.8 Å². The van der Waals surface area contributed by atoms with Gasteiger partial charge in [-0.3, -0.25) is 9.59 Å². The molecule has 0 aliphatic carbocycles. The van der Waals surface area contributed by atoms with Crippen LogP contribution in [0.1, 0.15) is 12.5 Å². The minimum Gasteiger partial charge on any atom is -0.497 e. The predicted octanol–water partition coefficient (Wildman–Crippen LogP) is 3.01. The predicted molar refractivity (Wildman–Crippen MR) is 95.6 cm³/mol. The summed E-state index contributed by atoms with van der Waals surface area (Å²) in [6, 6.07) is 12.7. The van der Waals surface area contributed by atoms with E-state index in [2.05, 4.69) is 16.0 Å². The average Bonchev–Trinajstić information content (AvgIpc) is 2.55. The Morgan fingerprint density at radius 2 is 1.75 bits per heavy atom. The van der Waals surface area contributed by atoms with E-state index in [4.69, 9.17) is 4.74 Å². The van der Waals surface area contributed by atoms with Crippen molar-refractivity contribution in [1.29, 1.82) is 0 Å². The Morgan fingerprint density at radius 1 is 1.04 bits per heavy atom. The maximum absolute atomic E-state index is 12.1. The number of methoxy groups -OCH3 is 1. The molecular formula is C18H21N3O3. The third kappa shape index (κ3) is 4.74. The van der Waals surface area contributed by atoms with Crippen LogP contribution in [0, 0.1) is 6.92 Å². The van der Waals surface area contributed by atoms with E-state index in [0.29, 0.717) is 11.4 Å². The average molecular weight is 327 g/mol. The zero-order valence-corrected chi connectivity index (χ0v) is 14.0. The number of carbonyl (C=O) groups is 2. The van der Waals surface area contributed by atoms with Gasteiger partial charge in [-0.1, -0.05) is 12.1 Å². The number of rotatable bonds is 6. The quantitative estimate of drug-likeness (QED) is 0.762. The van der Waals surface area contributed by atoms with Gasteiger partial charge < -0.3 is 20.7 Å². The van der Waals surface area contributed by atoms with Crippen molar-refractivity contribution in [3.05, 3.63) is 48.0 Å². The largest absolute Gasteiger partial charge is 0.497 e. The van der Waals surface area contributed by atoms with E-state index >= 15 is 0 Å². The lowest BCUT2D eigenvalue weighted by atomic mass is 10.1. The lowest BCUT2D eigenvalue weighted by Crippen LogP contribution is -2.22. The molecule has 6 nitrogen and oxygen atoms in total. The number of nitrogens with one attached hydrogen (secondary N) is 3. The van der Waals surface area contributed by atoms with Crippen LogP contribution in [-0.4, -0.2) is 25.5 Å². The Morgan fingerprint density at radius 3 is 2.46 bits per heavy atom. The van der Waals surface area contributed by atoms with Gasteiger partial charge in [0.15, 0.2) is 0 Å². The van der Waals surface area contributed by atoms with Crippen LogP contribution in [0.3, 0.4) is 0 Å². The van der Waals surface area contributed by atoms with E-state index in [-0.39, 0.29) is 18.4 Å². The summed E-state index contributed by atoms with van der Waals surface area (Å²) in [6.07, 6.45) is 0. The van der Waals surface area contributed by atoms with Crippen molar-refractivity contribution in [2.24, 2.45) is 0 Å². The van der Waals surface area contributed by atoms with Crippen LogP contribution in [0.15, 0.2) is 42.5 Å². The van der Waals surface area contributed by atoms with Crippen molar-refractivity contribution < 1.29 is 14.3 Å². The molecule has 126 valence electrons. The SMILES string of the molecule is COc1cccc(NC(=O)CNc2cccc(NC(C)=O)c2C)c1. The van der Waals surface area contributed by atoms with Gasteiger partial charge in [0.05, 0.1) is 13.7 Å². The first kappa shape index (κ1) is 17.3. The van der Waals surface area contributed by atoms with Gasteiger partial charge in [0.25, 0.3) is 0 Å². The molecule has 0 fully saturated rings. The van der Waals surface area contributed by atoms with E-state index in [1.807, 2.05) is 37.3 Å². The monoisotopic (exact) mass is 327 g/mol. The zero-order chi connectivity index (χ0) is 17.5. The number of benzene rings is 2. The summed E-state index contributed by atoms with van der Waals surface area (Å²) >= 11 is 0. The van der Waals surface area contributed by atoms with Gasteiger partial charge in [0.2, 0.25) is 11.8 Å². The maximum atomic E-state index is 12.1. The highest BCUT2D eigenvalue weighted by molar-refractivity contribution is 5.94. The highest BCUT2D eigenvalue weighted by Crippen LogP contribution is 2.23. The standard InChI is InChI=1S/C18H21N3O3/c1-12-16(8-5-9-17(12)20-13(2)22)19-11-18(23)21-14-6-4-7-15(10-14)24-3/h4-10,19H,11H2,1-3H3,(H,20,22)(H,21,23). The number of hydrogen-bond acceptors (Lipinski definition) is 4. The molecule has 0 aliphatic heterocycles. The molecule has 0 radical (unpaired) electrons. The molecule has 0 saturated heterocycles. The minimum absolute atomic E-state index is 0.113. The number of anilines is 3. The van der Waals surface area contributed by atoms with Crippen molar-refractivity contribution in [2.75, 3.05) is 29.6 Å². The number of carbonyl (C=O) groups excluding carboxylic acids is 2. The smallest absolute Gasteiger partial charge is 0.243 e. The van der Waals surface area contributed by atoms with Crippen LogP contribution < -0.4 is 20.7 Å². The summed E-state index contributed by atoms with van der Waals surface area (Å²) in [5.41, 5.74) is 3.06. The molecule has 0 heterocycles. The molecule has 6 heteroatoms. The molecule has 0 unspecified atom stereocenters. The maximum Gasteiger partial charge on any atom is 0.243 e. The molecule has 0 bridgehead atoms. The van der Waals surface area contributed by atoms with E-state index in [0.717, 1.165) is 16.9 Å². The molecule has 0 atom stereocenters. The van der Waals surface area contributed by atoms with E-state index in [9.17, 15) is 9.59 Å². The van der Waals surface area contributed by atoms with Gasteiger partial charge in [0, 0.05) is 30.1 Å². The molecule has 2 aromatic rings. The molecule has 0 aromatic heterocycles. The summed E-state index contributed by atoms with van der Waals surface area (Å²) in [5.74, 6) is 0.373. The fourth-order valence-electron chi connectivity index (χ4n) is 2.23. The molecule has 2 amide bonds. The van der Waals surface area contributed by atoms with E-state index < -0.39 is 0 Å². The third-order valence-corrected chi connectivity index (χ3v) is 3.44. The fourth-order valence-corrected chi connectivity index (χ4v) is 2.23. The molecule has 0 saturated carbocycles. The van der Waals surface area contributed by atoms with Crippen molar-refractivity contribution >= 4 is 28.9 Å². The highest BCUT2D eigenvalue weighted by Gasteiger charge is 2.07. The van der Waals surface area contributed by atoms with Gasteiger partial charge >= 0.3 is 0 Å². The lowest BCUT2D eigenvalue weighted by molar-refractivity contribution is -0.115. The van der Waals surface area contributed by atoms with Gasteiger partial charge in [-0.15, -0.1) is 0 Å². The molecule has 0 spiro atoms. The first-order valence-corrected chi connectivity index (χ1v) is 7.54. The first-order chi connectivity index (χ1) is 11.5. The molecule has 2 aromatic carbocycles. The normalized spacial score (nSPS) is 9.96. The Labute approximate surface area is 141 Å². The molecule has 3 N–H and O–H groups in total. The summed E-state index contributed by atoms with van der Waals surface area (Å²) in [5, 5.41) is 8.64. The van der Waals surface area contributed by atoms with Crippen molar-refractivity contribution in [3.8, 4) is 5.75 Å². The molecule has 24 heavy (non-hydrogen) atoms. The topological polar surface area (TPSA) is 79.5 Å². The van der Waals surface area contributed by atoms with Crippen LogP contribution in [0.4, 0.5) is 17.1 Å². The van der Waals surface area contributed by atoms with Crippen molar-refractivity contribution in [2.45, 2.75) is 13.8 Å². The lowest BCUT2D eigenvalue weighted by Gasteiger charge is -2.13. The Hall–Kier alpha value is -3.02. The minimum atomic E-state index is -0.174. The van der Waals surface area contributed by atoms with Crippen molar-refractivity contribution in [3.63, 3.8) is 0 Å². The van der Waals surface area contributed by atoms with Crippen LogP contribution in [0.5, 0.6) is 5.75 Å². The number of ether oxygens (including phenoxy) is 1. The Balaban J connectivity index is 1.97. The Kier molecular flexibility index (Phi) is 5.78. The summed E-state index contributed by atoms with van der Waals surface area (Å²) in [4.78, 5) is 23.3. The Bertz CT molecular complexity index is 744. The molecular weight excluding hydrogens is 306 g/mol. The second-order valence-electron chi connectivity index (χ2n) is 5.29. The molecule has 0 aliphatic rings. The van der Waals surface area contributed by atoms with Crippen LogP contribution >= 0.6 is 0 Å².